The Morgan fingerprint density at radius 2 is 1.94 bits per heavy atom. The summed E-state index contributed by atoms with van der Waals surface area (Å²) in [6.45, 7) is 2.53. The van der Waals surface area contributed by atoms with Crippen LogP contribution in [0.5, 0.6) is 0 Å². The number of rotatable bonds is 6. The van der Waals surface area contributed by atoms with Gasteiger partial charge in [0.25, 0.3) is 0 Å². The fourth-order valence-electron chi connectivity index (χ4n) is 3.95. The van der Waals surface area contributed by atoms with Gasteiger partial charge in [0.15, 0.2) is 11.6 Å². The molecule has 2 fully saturated rings. The van der Waals surface area contributed by atoms with E-state index in [4.69, 9.17) is 4.74 Å². The van der Waals surface area contributed by atoms with Crippen molar-refractivity contribution in [2.24, 2.45) is 0 Å². The highest BCUT2D eigenvalue weighted by Crippen LogP contribution is 2.28. The molecule has 4 rings (SSSR count). The summed E-state index contributed by atoms with van der Waals surface area (Å²) < 4.78 is 20.6. The first-order chi connectivity index (χ1) is 14.7. The van der Waals surface area contributed by atoms with E-state index in [1.165, 1.54) is 18.7 Å². The van der Waals surface area contributed by atoms with Gasteiger partial charge in [-0.05, 0) is 44.9 Å². The summed E-state index contributed by atoms with van der Waals surface area (Å²) in [4.78, 5) is 50.0. The molecule has 1 aliphatic carbocycles. The van der Waals surface area contributed by atoms with Crippen LogP contribution in [0, 0.1) is 0 Å². The van der Waals surface area contributed by atoms with Gasteiger partial charge in [0.05, 0.1) is 12.6 Å². The van der Waals surface area contributed by atoms with Crippen molar-refractivity contribution in [3.8, 4) is 0 Å². The molecular weight excluding hydrogens is 405 g/mol. The van der Waals surface area contributed by atoms with Crippen LogP contribution in [0.25, 0.3) is 10.9 Å². The lowest BCUT2D eigenvalue weighted by atomic mass is 10.1. The first-order valence-corrected chi connectivity index (χ1v) is 10.3. The number of nitrogens with zero attached hydrogens (tertiary/aromatic N) is 2. The molecule has 9 heteroatoms. The Morgan fingerprint density at radius 1 is 1.19 bits per heavy atom. The molecule has 31 heavy (non-hydrogen) atoms. The van der Waals surface area contributed by atoms with Gasteiger partial charge in [-0.15, -0.1) is 0 Å². The second kappa shape index (κ2) is 8.13. The fourth-order valence-corrected chi connectivity index (χ4v) is 3.95. The largest absolute Gasteiger partial charge is 0.446 e. The van der Waals surface area contributed by atoms with E-state index in [1.54, 1.807) is 29.0 Å². The lowest BCUT2D eigenvalue weighted by molar-refractivity contribution is -0.137. The summed E-state index contributed by atoms with van der Waals surface area (Å²) in [5.74, 6) is -0.827. The van der Waals surface area contributed by atoms with E-state index in [9.17, 15) is 23.6 Å². The molecule has 2 heterocycles. The maximum atomic E-state index is 13.8. The van der Waals surface area contributed by atoms with E-state index in [0.29, 0.717) is 22.2 Å². The van der Waals surface area contributed by atoms with Crippen molar-refractivity contribution in [1.29, 1.82) is 0 Å². The number of carbonyl (C=O) groups is 4. The molecule has 164 valence electrons. The zero-order valence-corrected chi connectivity index (χ0v) is 17.4. The van der Waals surface area contributed by atoms with Crippen LogP contribution in [0.4, 0.5) is 14.9 Å². The lowest BCUT2D eigenvalue weighted by Crippen LogP contribution is -2.41. The smallest absolute Gasteiger partial charge is 0.411 e. The average molecular weight is 429 g/mol. The van der Waals surface area contributed by atoms with Gasteiger partial charge in [-0.25, -0.2) is 9.18 Å². The number of nitrogens with one attached hydrogen (secondary N) is 1. The van der Waals surface area contributed by atoms with Crippen LogP contribution in [0.2, 0.25) is 0 Å². The minimum atomic E-state index is -1.23. The van der Waals surface area contributed by atoms with Gasteiger partial charge in [0.2, 0.25) is 5.91 Å². The van der Waals surface area contributed by atoms with Crippen LogP contribution >= 0.6 is 0 Å². The molecule has 0 radical (unpaired) electrons. The Balaban J connectivity index is 1.59. The van der Waals surface area contributed by atoms with E-state index in [2.05, 4.69) is 5.32 Å². The summed E-state index contributed by atoms with van der Waals surface area (Å²) in [5, 5.41) is 3.23. The van der Waals surface area contributed by atoms with Crippen molar-refractivity contribution in [2.45, 2.75) is 58.0 Å². The predicted octanol–water partition coefficient (Wildman–Crippen LogP) is 3.08. The van der Waals surface area contributed by atoms with Crippen molar-refractivity contribution >= 4 is 40.2 Å². The SMILES string of the molecule is CC(=O)c1cn(CC(=O)N2C[C@H](F)C[C@H]2C(C)=O)c2ccc(NC(=O)OC3CC3)cc12. The molecule has 1 N–H and O–H groups in total. The van der Waals surface area contributed by atoms with Crippen molar-refractivity contribution in [3.63, 3.8) is 0 Å². The summed E-state index contributed by atoms with van der Waals surface area (Å²) >= 11 is 0. The van der Waals surface area contributed by atoms with Gasteiger partial charge in [-0.2, -0.15) is 0 Å². The number of anilines is 1. The van der Waals surface area contributed by atoms with Crippen LogP contribution in [0.1, 0.15) is 43.5 Å². The van der Waals surface area contributed by atoms with Crippen LogP contribution in [0.15, 0.2) is 24.4 Å². The quantitative estimate of drug-likeness (QED) is 0.712. The highest BCUT2D eigenvalue weighted by Gasteiger charge is 2.38. The monoisotopic (exact) mass is 429 g/mol. The molecule has 1 aromatic heterocycles. The number of likely N-dealkylation sites (tertiary alicyclic amines) is 1. The molecule has 2 atom stereocenters. The van der Waals surface area contributed by atoms with E-state index in [1.807, 2.05) is 0 Å². The van der Waals surface area contributed by atoms with Gasteiger partial charge in [-0.1, -0.05) is 0 Å². The number of ether oxygens (including phenoxy) is 1. The van der Waals surface area contributed by atoms with E-state index in [-0.39, 0.29) is 43.1 Å². The zero-order valence-electron chi connectivity index (χ0n) is 17.4. The number of ketones is 2. The molecule has 1 aliphatic heterocycles. The van der Waals surface area contributed by atoms with Crippen molar-refractivity contribution in [2.75, 3.05) is 11.9 Å². The van der Waals surface area contributed by atoms with Crippen molar-refractivity contribution in [3.05, 3.63) is 30.0 Å². The molecule has 2 aliphatic rings. The third-order valence-corrected chi connectivity index (χ3v) is 5.65. The highest BCUT2D eigenvalue weighted by molar-refractivity contribution is 6.08. The summed E-state index contributed by atoms with van der Waals surface area (Å²) in [7, 11) is 0. The molecular formula is C22H24FN3O5. The number of carbonyl (C=O) groups excluding carboxylic acids is 4. The molecule has 8 nitrogen and oxygen atoms in total. The Kier molecular flexibility index (Phi) is 5.51. The highest BCUT2D eigenvalue weighted by atomic mass is 19.1. The Labute approximate surface area is 178 Å². The molecule has 0 bridgehead atoms. The number of halogens is 1. The second-order valence-electron chi connectivity index (χ2n) is 8.19. The molecule has 1 saturated heterocycles. The van der Waals surface area contributed by atoms with Crippen molar-refractivity contribution in [1.82, 2.24) is 9.47 Å². The van der Waals surface area contributed by atoms with E-state index >= 15 is 0 Å². The van der Waals surface area contributed by atoms with Gasteiger partial charge in [-0.3, -0.25) is 19.7 Å². The third kappa shape index (κ3) is 4.45. The van der Waals surface area contributed by atoms with E-state index in [0.717, 1.165) is 12.8 Å². The lowest BCUT2D eigenvalue weighted by Gasteiger charge is -2.22. The minimum Gasteiger partial charge on any atom is -0.446 e. The number of aromatic nitrogens is 1. The Morgan fingerprint density at radius 3 is 2.58 bits per heavy atom. The molecule has 2 aromatic rings. The summed E-state index contributed by atoms with van der Waals surface area (Å²) in [6.07, 6.45) is 1.51. The summed E-state index contributed by atoms with van der Waals surface area (Å²) in [6, 6.07) is 4.26. The first-order valence-electron chi connectivity index (χ1n) is 10.3. The molecule has 0 unspecified atom stereocenters. The van der Waals surface area contributed by atoms with Crippen LogP contribution in [0.3, 0.4) is 0 Å². The van der Waals surface area contributed by atoms with E-state index < -0.39 is 18.3 Å². The van der Waals surface area contributed by atoms with Gasteiger partial charge >= 0.3 is 6.09 Å². The molecule has 1 aromatic carbocycles. The number of benzene rings is 1. The van der Waals surface area contributed by atoms with Crippen LogP contribution < -0.4 is 5.32 Å². The first kappa shape index (κ1) is 21.0. The number of hydrogen-bond donors (Lipinski definition) is 1. The van der Waals surface area contributed by atoms with Gasteiger partial charge in [0, 0.05) is 34.8 Å². The maximum absolute atomic E-state index is 13.8. The number of amides is 2. The second-order valence-corrected chi connectivity index (χ2v) is 8.19. The number of fused-ring (bicyclic) bond motifs is 1. The third-order valence-electron chi connectivity index (χ3n) is 5.65. The Hall–Kier alpha value is -3.23. The number of Topliss-reactive ketones (excluding diaryl/α,β-unsaturated/α-hetero) is 2. The topological polar surface area (TPSA) is 97.7 Å². The van der Waals surface area contributed by atoms with Crippen LogP contribution in [-0.4, -0.2) is 57.9 Å². The maximum Gasteiger partial charge on any atom is 0.411 e. The zero-order chi connectivity index (χ0) is 22.3. The van der Waals surface area contributed by atoms with Crippen LogP contribution in [-0.2, 0) is 20.9 Å². The number of alkyl halides is 1. The Bertz CT molecular complexity index is 1070. The minimum absolute atomic E-state index is 0.0121. The predicted molar refractivity (Wildman–Crippen MR) is 111 cm³/mol. The molecule has 2 amide bonds. The average Bonchev–Trinajstić information content (AvgIpc) is 3.29. The molecule has 0 spiro atoms. The summed E-state index contributed by atoms with van der Waals surface area (Å²) in [5.41, 5.74) is 1.49. The van der Waals surface area contributed by atoms with Gasteiger partial charge < -0.3 is 14.2 Å². The van der Waals surface area contributed by atoms with Crippen molar-refractivity contribution < 1.29 is 28.3 Å². The normalized spacial score (nSPS) is 20.7. The fraction of sp³-hybridized carbons (Fsp3) is 0.455. The van der Waals surface area contributed by atoms with Gasteiger partial charge in [0.1, 0.15) is 18.8 Å². The molecule has 1 saturated carbocycles. The standard InChI is InChI=1S/C22H24FN3O5/c1-12(27)18-10-25(11-21(29)26-9-14(23)7-20(26)13(2)28)19-6-3-15(8-17(18)19)24-22(30)31-16-4-5-16/h3,6,8,10,14,16,20H,4-5,7,9,11H2,1-2H3,(H,24,30)/t14-,20+/m1/s1. The number of hydrogen-bond acceptors (Lipinski definition) is 5.